The van der Waals surface area contributed by atoms with Gasteiger partial charge in [0.05, 0.1) is 41.9 Å². The average molecular weight is 453 g/mol. The van der Waals surface area contributed by atoms with Gasteiger partial charge in [0.2, 0.25) is 10.0 Å². The maximum Gasteiger partial charge on any atom is 0.273 e. The van der Waals surface area contributed by atoms with Crippen LogP contribution in [-0.4, -0.2) is 56.2 Å². The Morgan fingerprint density at radius 1 is 1.17 bits per heavy atom. The van der Waals surface area contributed by atoms with E-state index in [4.69, 9.17) is 21.7 Å². The van der Waals surface area contributed by atoms with Crippen molar-refractivity contribution in [3.8, 4) is 5.75 Å². The van der Waals surface area contributed by atoms with Gasteiger partial charge in [-0.3, -0.25) is 10.1 Å². The maximum absolute atomic E-state index is 12.7. The third kappa shape index (κ3) is 5.02. The number of benzene rings is 2. The third-order valence-corrected chi connectivity index (χ3v) is 6.48. The number of nitrogens with one attached hydrogen (secondary N) is 2. The lowest BCUT2D eigenvalue weighted by Crippen LogP contribution is -2.40. The molecule has 12 heteroatoms. The molecular weight excluding hydrogens is 432 g/mol. The monoisotopic (exact) mass is 452 g/mol. The molecule has 0 aliphatic carbocycles. The van der Waals surface area contributed by atoms with Crippen LogP contribution in [0, 0.1) is 10.1 Å². The molecule has 0 spiro atoms. The van der Waals surface area contributed by atoms with E-state index in [2.05, 4.69) is 10.6 Å². The van der Waals surface area contributed by atoms with Crippen LogP contribution in [-0.2, 0) is 14.8 Å². The zero-order valence-corrected chi connectivity index (χ0v) is 17.7. The van der Waals surface area contributed by atoms with E-state index in [1.54, 1.807) is 12.1 Å². The molecular formula is C18H20N4O6S2. The van der Waals surface area contributed by atoms with Crippen molar-refractivity contribution in [2.75, 3.05) is 44.0 Å². The second-order valence-corrected chi connectivity index (χ2v) is 8.61. The van der Waals surface area contributed by atoms with E-state index in [1.165, 1.54) is 41.7 Å². The summed E-state index contributed by atoms with van der Waals surface area (Å²) >= 11 is 5.27. The lowest BCUT2D eigenvalue weighted by molar-refractivity contribution is -0.384. The highest BCUT2D eigenvalue weighted by atomic mass is 32.2. The summed E-state index contributed by atoms with van der Waals surface area (Å²) in [5, 5.41) is 16.9. The van der Waals surface area contributed by atoms with Gasteiger partial charge < -0.3 is 20.1 Å². The van der Waals surface area contributed by atoms with Crippen LogP contribution in [0.25, 0.3) is 0 Å². The van der Waals surface area contributed by atoms with Crippen LogP contribution in [0.5, 0.6) is 5.75 Å². The van der Waals surface area contributed by atoms with Gasteiger partial charge in [0, 0.05) is 24.8 Å². The number of anilines is 2. The Hall–Kier alpha value is -2.80. The van der Waals surface area contributed by atoms with Crippen LogP contribution in [0.1, 0.15) is 0 Å². The van der Waals surface area contributed by atoms with Crippen molar-refractivity contribution in [2.24, 2.45) is 0 Å². The minimum atomic E-state index is -3.57. The zero-order chi connectivity index (χ0) is 21.7. The number of morpholine rings is 1. The molecule has 0 radical (unpaired) electrons. The predicted molar refractivity (Wildman–Crippen MR) is 116 cm³/mol. The molecule has 2 aromatic carbocycles. The van der Waals surface area contributed by atoms with Crippen LogP contribution in [0.15, 0.2) is 47.4 Å². The molecule has 1 aliphatic rings. The highest BCUT2D eigenvalue weighted by Crippen LogP contribution is 2.29. The van der Waals surface area contributed by atoms with E-state index in [0.717, 1.165) is 0 Å². The molecule has 1 fully saturated rings. The SMILES string of the molecule is COc1cc([N+](=O)[O-])ccc1NC(=S)Nc1ccc(S(=O)(=O)N2CCOCC2)cc1. The minimum absolute atomic E-state index is 0.103. The number of ether oxygens (including phenoxy) is 2. The van der Waals surface area contributed by atoms with E-state index in [-0.39, 0.29) is 21.4 Å². The van der Waals surface area contributed by atoms with Crippen LogP contribution < -0.4 is 15.4 Å². The maximum atomic E-state index is 12.7. The molecule has 0 atom stereocenters. The van der Waals surface area contributed by atoms with Gasteiger partial charge in [-0.15, -0.1) is 0 Å². The fourth-order valence-electron chi connectivity index (χ4n) is 2.83. The molecule has 2 N–H and O–H groups in total. The Bertz CT molecular complexity index is 1040. The van der Waals surface area contributed by atoms with Crippen molar-refractivity contribution in [3.05, 3.63) is 52.6 Å². The first-order valence-electron chi connectivity index (χ1n) is 8.89. The van der Waals surface area contributed by atoms with Gasteiger partial charge in [-0.05, 0) is 42.5 Å². The summed E-state index contributed by atoms with van der Waals surface area (Å²) in [6, 6.07) is 10.3. The van der Waals surface area contributed by atoms with Crippen LogP contribution in [0.4, 0.5) is 17.1 Å². The quantitative estimate of drug-likeness (QED) is 0.386. The lowest BCUT2D eigenvalue weighted by atomic mass is 10.2. The molecule has 0 saturated carbocycles. The highest BCUT2D eigenvalue weighted by Gasteiger charge is 2.26. The predicted octanol–water partition coefficient (Wildman–Crippen LogP) is 2.43. The number of hydrogen-bond donors (Lipinski definition) is 2. The van der Waals surface area contributed by atoms with Crippen LogP contribution in [0.3, 0.4) is 0 Å². The fraction of sp³-hybridized carbons (Fsp3) is 0.278. The normalized spacial score (nSPS) is 14.7. The van der Waals surface area contributed by atoms with E-state index < -0.39 is 14.9 Å². The number of thiocarbonyl (C=S) groups is 1. The first-order chi connectivity index (χ1) is 14.3. The van der Waals surface area contributed by atoms with Gasteiger partial charge >= 0.3 is 0 Å². The molecule has 10 nitrogen and oxygen atoms in total. The minimum Gasteiger partial charge on any atom is -0.494 e. The molecule has 0 aromatic heterocycles. The number of rotatable bonds is 6. The Morgan fingerprint density at radius 3 is 2.43 bits per heavy atom. The Kier molecular flexibility index (Phi) is 6.82. The molecule has 2 aromatic rings. The lowest BCUT2D eigenvalue weighted by Gasteiger charge is -2.26. The summed E-state index contributed by atoms with van der Waals surface area (Å²) in [4.78, 5) is 10.5. The largest absolute Gasteiger partial charge is 0.494 e. The number of hydrogen-bond acceptors (Lipinski definition) is 7. The van der Waals surface area contributed by atoms with E-state index >= 15 is 0 Å². The Balaban J connectivity index is 1.67. The van der Waals surface area contributed by atoms with Crippen molar-refractivity contribution >= 4 is 44.4 Å². The van der Waals surface area contributed by atoms with E-state index in [0.29, 0.717) is 37.7 Å². The molecule has 0 unspecified atom stereocenters. The number of sulfonamides is 1. The second kappa shape index (κ2) is 9.34. The van der Waals surface area contributed by atoms with Crippen molar-refractivity contribution in [3.63, 3.8) is 0 Å². The average Bonchev–Trinajstić information content (AvgIpc) is 2.74. The number of nitro groups is 1. The number of nitrogens with zero attached hydrogens (tertiary/aromatic N) is 2. The molecule has 160 valence electrons. The molecule has 1 heterocycles. The van der Waals surface area contributed by atoms with Gasteiger partial charge in [0.15, 0.2) is 5.11 Å². The Labute approximate surface area is 179 Å². The number of nitro benzene ring substituents is 1. The zero-order valence-electron chi connectivity index (χ0n) is 16.0. The van der Waals surface area contributed by atoms with Gasteiger partial charge in [-0.1, -0.05) is 0 Å². The Morgan fingerprint density at radius 2 is 1.83 bits per heavy atom. The molecule has 30 heavy (non-hydrogen) atoms. The van der Waals surface area contributed by atoms with E-state index in [1.807, 2.05) is 0 Å². The van der Waals surface area contributed by atoms with Crippen LogP contribution in [0.2, 0.25) is 0 Å². The topological polar surface area (TPSA) is 123 Å². The van der Waals surface area contributed by atoms with Gasteiger partial charge in [-0.25, -0.2) is 8.42 Å². The third-order valence-electron chi connectivity index (χ3n) is 4.36. The summed E-state index contributed by atoms with van der Waals surface area (Å²) in [5.74, 6) is 0.264. The molecule has 0 bridgehead atoms. The van der Waals surface area contributed by atoms with Crippen molar-refractivity contribution < 1.29 is 22.8 Å². The smallest absolute Gasteiger partial charge is 0.273 e. The number of methoxy groups -OCH3 is 1. The van der Waals surface area contributed by atoms with Crippen molar-refractivity contribution in [2.45, 2.75) is 4.90 Å². The molecule has 1 aliphatic heterocycles. The first-order valence-corrected chi connectivity index (χ1v) is 10.7. The summed E-state index contributed by atoms with van der Waals surface area (Å²) in [6.07, 6.45) is 0. The van der Waals surface area contributed by atoms with Gasteiger partial charge in [0.25, 0.3) is 5.69 Å². The summed E-state index contributed by atoms with van der Waals surface area (Å²) in [6.45, 7) is 1.41. The molecule has 1 saturated heterocycles. The fourth-order valence-corrected chi connectivity index (χ4v) is 4.46. The first kappa shape index (κ1) is 21.9. The van der Waals surface area contributed by atoms with E-state index in [9.17, 15) is 18.5 Å². The molecule has 0 amide bonds. The summed E-state index contributed by atoms with van der Waals surface area (Å²) in [7, 11) is -2.17. The summed E-state index contributed by atoms with van der Waals surface area (Å²) in [5.41, 5.74) is 0.926. The van der Waals surface area contributed by atoms with Gasteiger partial charge in [0.1, 0.15) is 5.75 Å². The van der Waals surface area contributed by atoms with Crippen LogP contribution >= 0.6 is 12.2 Å². The van der Waals surface area contributed by atoms with Crippen molar-refractivity contribution in [1.29, 1.82) is 0 Å². The van der Waals surface area contributed by atoms with Crippen molar-refractivity contribution in [1.82, 2.24) is 4.31 Å². The second-order valence-electron chi connectivity index (χ2n) is 6.26. The highest BCUT2D eigenvalue weighted by molar-refractivity contribution is 7.89. The summed E-state index contributed by atoms with van der Waals surface area (Å²) < 4.78 is 37.1. The number of non-ortho nitro benzene ring substituents is 1. The molecule has 3 rings (SSSR count). The standard InChI is InChI=1S/C18H20N4O6S2/c1-27-17-12-14(22(23)24)4-7-16(17)20-18(29)19-13-2-5-15(6-3-13)30(25,26)21-8-10-28-11-9-21/h2-7,12H,8-11H2,1H3,(H2,19,20,29). The van der Waals surface area contributed by atoms with Gasteiger partial charge in [-0.2, -0.15) is 4.31 Å².